The van der Waals surface area contributed by atoms with Gasteiger partial charge in [-0.3, -0.25) is 4.79 Å². The second kappa shape index (κ2) is 10.9. The third kappa shape index (κ3) is 7.72. The molecular weight excluding hydrogens is 344 g/mol. The van der Waals surface area contributed by atoms with Crippen LogP contribution in [0.4, 0.5) is 0 Å². The number of halogens is 2. The smallest absolute Gasteiger partial charge is 0.222 e. The first-order valence-corrected chi connectivity index (χ1v) is 7.19. The molecule has 1 aromatic rings. The van der Waals surface area contributed by atoms with E-state index in [4.69, 9.17) is 4.74 Å². The summed E-state index contributed by atoms with van der Waals surface area (Å²) >= 11 is 3.39. The predicted octanol–water partition coefficient (Wildman–Crippen LogP) is 2.71. The van der Waals surface area contributed by atoms with Gasteiger partial charge in [-0.1, -0.05) is 22.0 Å². The number of carbonyl (C=O) groups is 1. The molecule has 0 aromatic heterocycles. The lowest BCUT2D eigenvalue weighted by molar-refractivity contribution is -0.130. The van der Waals surface area contributed by atoms with Gasteiger partial charge in [-0.25, -0.2) is 0 Å². The highest BCUT2D eigenvalue weighted by atomic mass is 79.9. The van der Waals surface area contributed by atoms with Gasteiger partial charge in [0.2, 0.25) is 5.91 Å². The summed E-state index contributed by atoms with van der Waals surface area (Å²) in [6.07, 6.45) is 1.25. The third-order valence-electron chi connectivity index (χ3n) is 2.72. The normalized spacial score (nSPS) is 9.75. The standard InChI is InChI=1S/C14H21BrN2O2.ClH/c1-16-8-9-17(2)14(18)7-4-10-19-13-6-3-5-12(15)11-13;/h3,5-6,11,16H,4,7-10H2,1-2H3;1H. The summed E-state index contributed by atoms with van der Waals surface area (Å²) in [6, 6.07) is 7.70. The molecule has 0 fully saturated rings. The number of ether oxygens (including phenoxy) is 1. The van der Waals surface area contributed by atoms with Crippen molar-refractivity contribution < 1.29 is 9.53 Å². The van der Waals surface area contributed by atoms with Gasteiger partial charge in [0, 0.05) is 31.0 Å². The molecule has 20 heavy (non-hydrogen) atoms. The second-order valence-corrected chi connectivity index (χ2v) is 5.24. The minimum Gasteiger partial charge on any atom is -0.494 e. The molecule has 114 valence electrons. The monoisotopic (exact) mass is 364 g/mol. The van der Waals surface area contributed by atoms with Crippen LogP contribution in [-0.2, 0) is 4.79 Å². The minimum atomic E-state index is 0. The zero-order valence-electron chi connectivity index (χ0n) is 11.9. The summed E-state index contributed by atoms with van der Waals surface area (Å²) in [4.78, 5) is 13.5. The number of likely N-dealkylation sites (N-methyl/N-ethyl adjacent to an activating group) is 2. The first-order valence-electron chi connectivity index (χ1n) is 6.40. The fourth-order valence-corrected chi connectivity index (χ4v) is 1.94. The van der Waals surface area contributed by atoms with Crippen LogP contribution in [0.5, 0.6) is 5.75 Å². The van der Waals surface area contributed by atoms with Crippen molar-refractivity contribution >= 4 is 34.2 Å². The molecule has 0 heterocycles. The van der Waals surface area contributed by atoms with E-state index in [9.17, 15) is 4.79 Å². The summed E-state index contributed by atoms with van der Waals surface area (Å²) in [5, 5.41) is 3.02. The molecule has 1 amide bonds. The van der Waals surface area contributed by atoms with Gasteiger partial charge in [-0.05, 0) is 31.7 Å². The highest BCUT2D eigenvalue weighted by molar-refractivity contribution is 9.10. The molecule has 0 atom stereocenters. The first kappa shape index (κ1) is 19.2. The van der Waals surface area contributed by atoms with E-state index in [0.29, 0.717) is 13.0 Å². The number of rotatable bonds is 8. The molecule has 0 unspecified atom stereocenters. The van der Waals surface area contributed by atoms with E-state index in [0.717, 1.165) is 29.7 Å². The summed E-state index contributed by atoms with van der Waals surface area (Å²) in [5.41, 5.74) is 0. The van der Waals surface area contributed by atoms with E-state index in [1.165, 1.54) is 0 Å². The second-order valence-electron chi connectivity index (χ2n) is 4.33. The molecule has 4 nitrogen and oxygen atoms in total. The van der Waals surface area contributed by atoms with Crippen molar-refractivity contribution in [1.82, 2.24) is 10.2 Å². The Morgan fingerprint density at radius 3 is 2.85 bits per heavy atom. The molecule has 1 N–H and O–H groups in total. The number of nitrogens with zero attached hydrogens (tertiary/aromatic N) is 1. The van der Waals surface area contributed by atoms with Crippen molar-refractivity contribution in [2.45, 2.75) is 12.8 Å². The fourth-order valence-electron chi connectivity index (χ4n) is 1.57. The Morgan fingerprint density at radius 2 is 2.20 bits per heavy atom. The lowest BCUT2D eigenvalue weighted by atomic mass is 10.3. The lowest BCUT2D eigenvalue weighted by Crippen LogP contribution is -2.32. The van der Waals surface area contributed by atoms with Gasteiger partial charge in [-0.15, -0.1) is 12.4 Å². The summed E-state index contributed by atoms with van der Waals surface area (Å²) in [6.45, 7) is 2.11. The first-order chi connectivity index (χ1) is 9.13. The zero-order valence-corrected chi connectivity index (χ0v) is 14.3. The van der Waals surface area contributed by atoms with E-state index in [-0.39, 0.29) is 18.3 Å². The van der Waals surface area contributed by atoms with Crippen molar-refractivity contribution in [3.63, 3.8) is 0 Å². The van der Waals surface area contributed by atoms with Crippen molar-refractivity contribution in [2.75, 3.05) is 33.8 Å². The molecule has 0 bridgehead atoms. The molecular formula is C14H22BrClN2O2. The lowest BCUT2D eigenvalue weighted by Gasteiger charge is -2.16. The number of hydrogen-bond acceptors (Lipinski definition) is 3. The van der Waals surface area contributed by atoms with Crippen LogP contribution in [0.15, 0.2) is 28.7 Å². The maximum absolute atomic E-state index is 11.7. The van der Waals surface area contributed by atoms with E-state index in [1.807, 2.05) is 38.4 Å². The van der Waals surface area contributed by atoms with Gasteiger partial charge in [0.15, 0.2) is 0 Å². The molecule has 6 heteroatoms. The zero-order chi connectivity index (χ0) is 14.1. The van der Waals surface area contributed by atoms with Gasteiger partial charge in [-0.2, -0.15) is 0 Å². The third-order valence-corrected chi connectivity index (χ3v) is 3.22. The summed E-state index contributed by atoms with van der Waals surface area (Å²) in [7, 11) is 3.71. The van der Waals surface area contributed by atoms with Gasteiger partial charge in [0.1, 0.15) is 5.75 Å². The van der Waals surface area contributed by atoms with Crippen LogP contribution in [0.25, 0.3) is 0 Å². The topological polar surface area (TPSA) is 41.6 Å². The number of nitrogens with one attached hydrogen (secondary N) is 1. The Bertz CT molecular complexity index is 405. The average Bonchev–Trinajstić information content (AvgIpc) is 2.40. The molecule has 0 spiro atoms. The van der Waals surface area contributed by atoms with Crippen molar-refractivity contribution in [2.24, 2.45) is 0 Å². The highest BCUT2D eigenvalue weighted by Crippen LogP contribution is 2.17. The van der Waals surface area contributed by atoms with Gasteiger partial charge in [0.25, 0.3) is 0 Å². The van der Waals surface area contributed by atoms with Crippen LogP contribution in [0.2, 0.25) is 0 Å². The summed E-state index contributed by atoms with van der Waals surface area (Å²) < 4.78 is 6.58. The average molecular weight is 366 g/mol. The maximum atomic E-state index is 11.7. The number of benzene rings is 1. The van der Waals surface area contributed by atoms with E-state index in [1.54, 1.807) is 4.90 Å². The Hall–Kier alpha value is -0.780. The molecule has 0 radical (unpaired) electrons. The van der Waals surface area contributed by atoms with E-state index < -0.39 is 0 Å². The van der Waals surface area contributed by atoms with Crippen LogP contribution in [0.1, 0.15) is 12.8 Å². The van der Waals surface area contributed by atoms with Gasteiger partial charge < -0.3 is 15.0 Å². The molecule has 1 rings (SSSR count). The molecule has 0 saturated carbocycles. The Kier molecular flexibility index (Phi) is 10.5. The SMILES string of the molecule is CNCCN(C)C(=O)CCCOc1cccc(Br)c1.Cl. The number of carbonyl (C=O) groups excluding carboxylic acids is 1. The Balaban J connectivity index is 0.00000361. The van der Waals surface area contributed by atoms with Crippen LogP contribution >= 0.6 is 28.3 Å². The molecule has 0 aliphatic rings. The quantitative estimate of drug-likeness (QED) is 0.720. The summed E-state index contributed by atoms with van der Waals surface area (Å²) in [5.74, 6) is 0.985. The molecule has 0 saturated heterocycles. The number of hydrogen-bond donors (Lipinski definition) is 1. The number of amides is 1. The van der Waals surface area contributed by atoms with Gasteiger partial charge >= 0.3 is 0 Å². The predicted molar refractivity (Wildman–Crippen MR) is 87.7 cm³/mol. The largest absolute Gasteiger partial charge is 0.494 e. The molecule has 0 aliphatic carbocycles. The van der Waals surface area contributed by atoms with Crippen LogP contribution in [-0.4, -0.2) is 44.6 Å². The van der Waals surface area contributed by atoms with Crippen molar-refractivity contribution in [1.29, 1.82) is 0 Å². The highest BCUT2D eigenvalue weighted by Gasteiger charge is 2.07. The van der Waals surface area contributed by atoms with Gasteiger partial charge in [0.05, 0.1) is 6.61 Å². The van der Waals surface area contributed by atoms with Crippen LogP contribution in [0, 0.1) is 0 Å². The minimum absolute atomic E-state index is 0. The molecule has 1 aromatic carbocycles. The van der Waals surface area contributed by atoms with Crippen molar-refractivity contribution in [3.05, 3.63) is 28.7 Å². The van der Waals surface area contributed by atoms with Crippen LogP contribution in [0.3, 0.4) is 0 Å². The van der Waals surface area contributed by atoms with E-state index >= 15 is 0 Å². The fraction of sp³-hybridized carbons (Fsp3) is 0.500. The van der Waals surface area contributed by atoms with E-state index in [2.05, 4.69) is 21.2 Å². The van der Waals surface area contributed by atoms with Crippen molar-refractivity contribution in [3.8, 4) is 5.75 Å². The molecule has 0 aliphatic heterocycles. The Labute approximate surface area is 135 Å². The maximum Gasteiger partial charge on any atom is 0.222 e. The van der Waals surface area contributed by atoms with Crippen LogP contribution < -0.4 is 10.1 Å². The Morgan fingerprint density at radius 1 is 1.45 bits per heavy atom.